The predicted molar refractivity (Wildman–Crippen MR) is 81.4 cm³/mol. The second kappa shape index (κ2) is 6.15. The molecule has 0 spiro atoms. The topological polar surface area (TPSA) is 89.3 Å². The fourth-order valence-corrected chi connectivity index (χ4v) is 3.22. The summed E-state index contributed by atoms with van der Waals surface area (Å²) < 4.78 is 22.7. The van der Waals surface area contributed by atoms with Crippen LogP contribution in [0.15, 0.2) is 29.2 Å². The summed E-state index contributed by atoms with van der Waals surface area (Å²) in [6.07, 6.45) is 4.86. The number of benzene rings is 1. The molecular formula is C15H22N2O3S. The monoisotopic (exact) mass is 310 g/mol. The van der Waals surface area contributed by atoms with Gasteiger partial charge in [-0.15, -0.1) is 0 Å². The number of rotatable bonds is 6. The Hall–Kier alpha value is -1.40. The van der Waals surface area contributed by atoms with Crippen LogP contribution in [0.2, 0.25) is 0 Å². The van der Waals surface area contributed by atoms with E-state index in [-0.39, 0.29) is 16.2 Å². The predicted octanol–water partition coefficient (Wildman–Crippen LogP) is 1.23. The standard InChI is InChI=1S/C15H22N2O3S/c1-21(19,20)13-5-3-12(4-6-13)10-17-14(18)9-15(11-16)7-2-8-15/h3-6H,2,7-11,16H2,1H3,(H,17,18). The smallest absolute Gasteiger partial charge is 0.220 e. The number of amides is 1. The molecule has 0 radical (unpaired) electrons. The third kappa shape index (κ3) is 4.04. The van der Waals surface area contributed by atoms with Crippen molar-refractivity contribution in [3.05, 3.63) is 29.8 Å². The van der Waals surface area contributed by atoms with Gasteiger partial charge in [0.05, 0.1) is 4.90 Å². The lowest BCUT2D eigenvalue weighted by Crippen LogP contribution is -2.41. The van der Waals surface area contributed by atoms with Crippen molar-refractivity contribution in [2.45, 2.75) is 37.1 Å². The van der Waals surface area contributed by atoms with Crippen molar-refractivity contribution >= 4 is 15.7 Å². The summed E-state index contributed by atoms with van der Waals surface area (Å²) in [5.41, 5.74) is 6.63. The quantitative estimate of drug-likeness (QED) is 0.827. The molecule has 1 aliphatic carbocycles. The summed E-state index contributed by atoms with van der Waals surface area (Å²) in [5.74, 6) is 0.00680. The molecule has 1 aromatic rings. The fourth-order valence-electron chi connectivity index (χ4n) is 2.59. The second-order valence-electron chi connectivity index (χ2n) is 5.93. The number of carbonyl (C=O) groups is 1. The summed E-state index contributed by atoms with van der Waals surface area (Å²) in [6, 6.07) is 6.56. The van der Waals surface area contributed by atoms with Crippen LogP contribution in [0.3, 0.4) is 0 Å². The molecule has 5 nitrogen and oxygen atoms in total. The van der Waals surface area contributed by atoms with Gasteiger partial charge in [-0.3, -0.25) is 4.79 Å². The first-order valence-electron chi connectivity index (χ1n) is 7.10. The molecule has 1 fully saturated rings. The Bertz CT molecular complexity index is 599. The van der Waals surface area contributed by atoms with E-state index in [1.54, 1.807) is 24.3 Å². The van der Waals surface area contributed by atoms with Gasteiger partial charge in [-0.05, 0) is 42.5 Å². The molecule has 1 aliphatic rings. The lowest BCUT2D eigenvalue weighted by molar-refractivity contribution is -0.124. The summed E-state index contributed by atoms with van der Waals surface area (Å²) >= 11 is 0. The van der Waals surface area contributed by atoms with E-state index in [9.17, 15) is 13.2 Å². The molecule has 21 heavy (non-hydrogen) atoms. The van der Waals surface area contributed by atoms with Crippen molar-refractivity contribution in [3.63, 3.8) is 0 Å². The first-order valence-corrected chi connectivity index (χ1v) is 9.00. The number of nitrogens with one attached hydrogen (secondary N) is 1. The Morgan fingerprint density at radius 3 is 2.33 bits per heavy atom. The molecule has 0 atom stereocenters. The summed E-state index contributed by atoms with van der Waals surface area (Å²) in [6.45, 7) is 0.965. The molecule has 0 unspecified atom stereocenters. The lowest BCUT2D eigenvalue weighted by Gasteiger charge is -2.40. The normalized spacial score (nSPS) is 17.0. The molecule has 0 aromatic heterocycles. The summed E-state index contributed by atoms with van der Waals surface area (Å²) in [4.78, 5) is 12.2. The molecule has 116 valence electrons. The van der Waals surface area contributed by atoms with Crippen LogP contribution in [0.25, 0.3) is 0 Å². The molecule has 0 bridgehead atoms. The Morgan fingerprint density at radius 2 is 1.90 bits per heavy atom. The SMILES string of the molecule is CS(=O)(=O)c1ccc(CNC(=O)CC2(CN)CCC2)cc1. The maximum atomic E-state index is 11.9. The fraction of sp³-hybridized carbons (Fsp3) is 0.533. The third-order valence-electron chi connectivity index (χ3n) is 4.22. The van der Waals surface area contributed by atoms with E-state index in [0.717, 1.165) is 24.8 Å². The first kappa shape index (κ1) is 16.0. The minimum atomic E-state index is -3.18. The highest BCUT2D eigenvalue weighted by Crippen LogP contribution is 2.42. The van der Waals surface area contributed by atoms with Gasteiger partial charge in [0, 0.05) is 19.2 Å². The maximum absolute atomic E-state index is 11.9. The summed E-state index contributed by atoms with van der Waals surface area (Å²) in [7, 11) is -3.18. The molecule has 3 N–H and O–H groups in total. The molecule has 2 rings (SSSR count). The Labute approximate surface area is 125 Å². The number of hydrogen-bond donors (Lipinski definition) is 2. The van der Waals surface area contributed by atoms with E-state index in [0.29, 0.717) is 19.5 Å². The Balaban J connectivity index is 1.87. The zero-order chi connectivity index (χ0) is 15.5. The van der Waals surface area contributed by atoms with Gasteiger partial charge in [0.15, 0.2) is 9.84 Å². The van der Waals surface area contributed by atoms with Crippen molar-refractivity contribution in [2.75, 3.05) is 12.8 Å². The highest BCUT2D eigenvalue weighted by atomic mass is 32.2. The van der Waals surface area contributed by atoms with Crippen LogP contribution in [0.4, 0.5) is 0 Å². The lowest BCUT2D eigenvalue weighted by atomic mass is 9.66. The maximum Gasteiger partial charge on any atom is 0.220 e. The van der Waals surface area contributed by atoms with Gasteiger partial charge in [-0.25, -0.2) is 8.42 Å². The van der Waals surface area contributed by atoms with Gasteiger partial charge in [-0.1, -0.05) is 18.6 Å². The molecular weight excluding hydrogens is 288 g/mol. The highest BCUT2D eigenvalue weighted by Gasteiger charge is 2.37. The van der Waals surface area contributed by atoms with Crippen molar-refractivity contribution in [1.29, 1.82) is 0 Å². The molecule has 6 heteroatoms. The molecule has 1 saturated carbocycles. The minimum absolute atomic E-state index is 0.00420. The molecule has 0 aliphatic heterocycles. The Morgan fingerprint density at radius 1 is 1.29 bits per heavy atom. The van der Waals surface area contributed by atoms with Crippen molar-refractivity contribution in [1.82, 2.24) is 5.32 Å². The van der Waals surface area contributed by atoms with E-state index in [1.165, 1.54) is 6.26 Å². The number of sulfone groups is 1. The molecule has 1 amide bonds. The number of hydrogen-bond acceptors (Lipinski definition) is 4. The van der Waals surface area contributed by atoms with Crippen LogP contribution in [0, 0.1) is 5.41 Å². The van der Waals surface area contributed by atoms with Crippen LogP contribution < -0.4 is 11.1 Å². The first-order chi connectivity index (χ1) is 9.85. The van der Waals surface area contributed by atoms with Gasteiger partial charge < -0.3 is 11.1 Å². The van der Waals surface area contributed by atoms with Crippen molar-refractivity contribution in [3.8, 4) is 0 Å². The van der Waals surface area contributed by atoms with E-state index in [1.807, 2.05) is 0 Å². The number of nitrogens with two attached hydrogens (primary N) is 1. The average molecular weight is 310 g/mol. The van der Waals surface area contributed by atoms with Crippen LogP contribution in [-0.2, 0) is 21.2 Å². The van der Waals surface area contributed by atoms with E-state index in [2.05, 4.69) is 5.32 Å². The third-order valence-corrected chi connectivity index (χ3v) is 5.35. The van der Waals surface area contributed by atoms with Crippen LogP contribution in [0.5, 0.6) is 0 Å². The van der Waals surface area contributed by atoms with Crippen molar-refractivity contribution in [2.24, 2.45) is 11.1 Å². The van der Waals surface area contributed by atoms with Gasteiger partial charge in [0.2, 0.25) is 5.91 Å². The van der Waals surface area contributed by atoms with Crippen LogP contribution in [0.1, 0.15) is 31.2 Å². The molecule has 0 heterocycles. The molecule has 1 aromatic carbocycles. The zero-order valence-corrected chi connectivity index (χ0v) is 13.1. The number of carbonyl (C=O) groups excluding carboxylic acids is 1. The van der Waals surface area contributed by atoms with E-state index < -0.39 is 9.84 Å². The minimum Gasteiger partial charge on any atom is -0.352 e. The van der Waals surface area contributed by atoms with Crippen LogP contribution >= 0.6 is 0 Å². The van der Waals surface area contributed by atoms with E-state index in [4.69, 9.17) is 5.73 Å². The Kier molecular flexibility index (Phi) is 4.68. The van der Waals surface area contributed by atoms with Gasteiger partial charge in [-0.2, -0.15) is 0 Å². The van der Waals surface area contributed by atoms with Crippen LogP contribution in [-0.4, -0.2) is 27.1 Å². The van der Waals surface area contributed by atoms with E-state index >= 15 is 0 Å². The van der Waals surface area contributed by atoms with Gasteiger partial charge >= 0.3 is 0 Å². The molecule has 0 saturated heterocycles. The summed E-state index contributed by atoms with van der Waals surface area (Å²) in [5, 5.41) is 2.87. The van der Waals surface area contributed by atoms with Crippen molar-refractivity contribution < 1.29 is 13.2 Å². The van der Waals surface area contributed by atoms with Gasteiger partial charge in [0.1, 0.15) is 0 Å². The second-order valence-corrected chi connectivity index (χ2v) is 7.94. The zero-order valence-electron chi connectivity index (χ0n) is 12.3. The van der Waals surface area contributed by atoms with Gasteiger partial charge in [0.25, 0.3) is 0 Å². The average Bonchev–Trinajstić information content (AvgIpc) is 2.40. The highest BCUT2D eigenvalue weighted by molar-refractivity contribution is 7.90. The largest absolute Gasteiger partial charge is 0.352 e.